The van der Waals surface area contributed by atoms with Gasteiger partial charge in [-0.3, -0.25) is 9.59 Å². The molecule has 1 aliphatic heterocycles. The summed E-state index contributed by atoms with van der Waals surface area (Å²) in [4.78, 5) is 25.8. The Morgan fingerprint density at radius 1 is 1.38 bits per heavy atom. The second-order valence-corrected chi connectivity index (χ2v) is 5.13. The van der Waals surface area contributed by atoms with Crippen molar-refractivity contribution in [2.24, 2.45) is 0 Å². The van der Waals surface area contributed by atoms with Gasteiger partial charge < -0.3 is 15.0 Å². The Kier molecular flexibility index (Phi) is 5.11. The third-order valence-electron chi connectivity index (χ3n) is 3.23. The molecule has 2 amide bonds. The number of amides is 2. The van der Waals surface area contributed by atoms with Crippen molar-refractivity contribution in [2.45, 2.75) is 13.0 Å². The molecule has 0 aromatic heterocycles. The fourth-order valence-electron chi connectivity index (χ4n) is 2.28. The first kappa shape index (κ1) is 15.3. The second-order valence-electron chi connectivity index (χ2n) is 5.13. The summed E-state index contributed by atoms with van der Waals surface area (Å²) in [5.74, 6) is -0.247. The zero-order valence-corrected chi connectivity index (χ0v) is 12.2. The summed E-state index contributed by atoms with van der Waals surface area (Å²) in [6.45, 7) is 6.92. The predicted octanol–water partition coefficient (Wildman–Crippen LogP) is 1.28. The summed E-state index contributed by atoms with van der Waals surface area (Å²) < 4.78 is 5.44. The molecule has 1 fully saturated rings. The predicted molar refractivity (Wildman–Crippen MR) is 79.5 cm³/mol. The molecule has 0 radical (unpaired) electrons. The van der Waals surface area contributed by atoms with Crippen LogP contribution in [-0.2, 0) is 14.3 Å². The highest BCUT2D eigenvalue weighted by Crippen LogP contribution is 2.23. The highest BCUT2D eigenvalue weighted by molar-refractivity contribution is 5.95. The van der Waals surface area contributed by atoms with Crippen molar-refractivity contribution in [1.82, 2.24) is 10.2 Å². The van der Waals surface area contributed by atoms with Crippen molar-refractivity contribution >= 4 is 11.8 Å². The molecule has 2 rings (SSSR count). The van der Waals surface area contributed by atoms with Crippen molar-refractivity contribution in [3.05, 3.63) is 48.0 Å². The van der Waals surface area contributed by atoms with Gasteiger partial charge in [-0.15, -0.1) is 0 Å². The number of hydrogen-bond acceptors (Lipinski definition) is 3. The number of nitrogens with zero attached hydrogens (tertiary/aromatic N) is 1. The Bertz CT molecular complexity index is 528. The Morgan fingerprint density at radius 2 is 2.10 bits per heavy atom. The molecule has 1 N–H and O–H groups in total. The maximum atomic E-state index is 12.1. The van der Waals surface area contributed by atoms with E-state index in [0.29, 0.717) is 19.8 Å². The SMILES string of the molecule is C=C(C)COCCN1C(=O)CNC(=O)C1c1ccccc1. The molecule has 0 saturated carbocycles. The van der Waals surface area contributed by atoms with E-state index in [1.807, 2.05) is 37.3 Å². The minimum absolute atomic E-state index is 0.0443. The molecule has 1 saturated heterocycles. The van der Waals surface area contributed by atoms with Gasteiger partial charge >= 0.3 is 0 Å². The van der Waals surface area contributed by atoms with E-state index in [1.165, 1.54) is 0 Å². The van der Waals surface area contributed by atoms with Crippen LogP contribution >= 0.6 is 0 Å². The number of piperazine rings is 1. The lowest BCUT2D eigenvalue weighted by atomic mass is 10.0. The molecule has 0 bridgehead atoms. The van der Waals surface area contributed by atoms with E-state index in [9.17, 15) is 9.59 Å². The molecule has 1 aliphatic rings. The first-order valence-corrected chi connectivity index (χ1v) is 6.94. The van der Waals surface area contributed by atoms with Crippen LogP contribution in [0.3, 0.4) is 0 Å². The highest BCUT2D eigenvalue weighted by Gasteiger charge is 2.35. The van der Waals surface area contributed by atoms with Crippen molar-refractivity contribution in [1.29, 1.82) is 0 Å². The van der Waals surface area contributed by atoms with E-state index in [2.05, 4.69) is 11.9 Å². The van der Waals surface area contributed by atoms with Gasteiger partial charge in [-0.25, -0.2) is 0 Å². The lowest BCUT2D eigenvalue weighted by Crippen LogP contribution is -2.54. The monoisotopic (exact) mass is 288 g/mol. The van der Waals surface area contributed by atoms with E-state index in [1.54, 1.807) is 4.90 Å². The molecule has 1 aromatic rings. The number of rotatable bonds is 6. The molecule has 112 valence electrons. The van der Waals surface area contributed by atoms with Crippen LogP contribution in [0.4, 0.5) is 0 Å². The zero-order valence-electron chi connectivity index (χ0n) is 12.2. The average molecular weight is 288 g/mol. The van der Waals surface area contributed by atoms with Crippen LogP contribution < -0.4 is 5.32 Å². The minimum Gasteiger partial charge on any atom is -0.375 e. The molecule has 1 atom stereocenters. The van der Waals surface area contributed by atoms with E-state index in [-0.39, 0.29) is 18.4 Å². The smallest absolute Gasteiger partial charge is 0.247 e. The van der Waals surface area contributed by atoms with Gasteiger partial charge in [0.15, 0.2) is 0 Å². The van der Waals surface area contributed by atoms with E-state index in [4.69, 9.17) is 4.74 Å². The van der Waals surface area contributed by atoms with Crippen LogP contribution in [0.2, 0.25) is 0 Å². The molecular formula is C16H20N2O3. The van der Waals surface area contributed by atoms with E-state index in [0.717, 1.165) is 11.1 Å². The van der Waals surface area contributed by atoms with Crippen molar-refractivity contribution in [3.63, 3.8) is 0 Å². The largest absolute Gasteiger partial charge is 0.375 e. The van der Waals surface area contributed by atoms with Gasteiger partial charge in [-0.05, 0) is 12.5 Å². The molecule has 1 aromatic carbocycles. The number of benzene rings is 1. The minimum atomic E-state index is -0.583. The highest BCUT2D eigenvalue weighted by atomic mass is 16.5. The van der Waals surface area contributed by atoms with Crippen molar-refractivity contribution < 1.29 is 14.3 Å². The normalized spacial score (nSPS) is 18.5. The molecule has 0 spiro atoms. The lowest BCUT2D eigenvalue weighted by molar-refractivity contribution is -0.146. The standard InChI is InChI=1S/C16H20N2O3/c1-12(2)11-21-9-8-18-14(19)10-17-16(20)15(18)13-6-4-3-5-7-13/h3-7,15H,1,8-11H2,2H3,(H,17,20). The Labute approximate surface area is 124 Å². The molecule has 0 aliphatic carbocycles. The number of nitrogens with one attached hydrogen (secondary N) is 1. The maximum absolute atomic E-state index is 12.1. The third-order valence-corrected chi connectivity index (χ3v) is 3.23. The Morgan fingerprint density at radius 3 is 2.76 bits per heavy atom. The Hall–Kier alpha value is -2.14. The molecule has 1 heterocycles. The van der Waals surface area contributed by atoms with Gasteiger partial charge in [0.05, 0.1) is 19.8 Å². The fourth-order valence-corrected chi connectivity index (χ4v) is 2.28. The Balaban J connectivity index is 2.08. The quantitative estimate of drug-likeness (QED) is 0.633. The number of carbonyl (C=O) groups excluding carboxylic acids is 2. The molecule has 5 nitrogen and oxygen atoms in total. The topological polar surface area (TPSA) is 58.6 Å². The number of carbonyl (C=O) groups is 2. The summed E-state index contributed by atoms with van der Waals surface area (Å²) >= 11 is 0. The van der Waals surface area contributed by atoms with Crippen molar-refractivity contribution in [2.75, 3.05) is 26.3 Å². The number of ether oxygens (including phenoxy) is 1. The van der Waals surface area contributed by atoms with Crippen LogP contribution in [0, 0.1) is 0 Å². The van der Waals surface area contributed by atoms with Gasteiger partial charge in [0, 0.05) is 6.54 Å². The summed E-state index contributed by atoms with van der Waals surface area (Å²) in [7, 11) is 0. The second kappa shape index (κ2) is 7.04. The number of hydrogen-bond donors (Lipinski definition) is 1. The van der Waals surface area contributed by atoms with Crippen LogP contribution in [0.5, 0.6) is 0 Å². The molecule has 1 unspecified atom stereocenters. The third kappa shape index (κ3) is 3.92. The maximum Gasteiger partial charge on any atom is 0.247 e. The summed E-state index contributed by atoms with van der Waals surface area (Å²) in [6.07, 6.45) is 0. The van der Waals surface area contributed by atoms with E-state index < -0.39 is 6.04 Å². The van der Waals surface area contributed by atoms with E-state index >= 15 is 0 Å². The van der Waals surface area contributed by atoms with Crippen LogP contribution in [-0.4, -0.2) is 43.0 Å². The first-order valence-electron chi connectivity index (χ1n) is 6.94. The fraction of sp³-hybridized carbons (Fsp3) is 0.375. The summed E-state index contributed by atoms with van der Waals surface area (Å²) in [6, 6.07) is 8.72. The molecule has 5 heteroatoms. The van der Waals surface area contributed by atoms with Gasteiger partial charge in [-0.1, -0.05) is 42.5 Å². The molecule has 21 heavy (non-hydrogen) atoms. The lowest BCUT2D eigenvalue weighted by Gasteiger charge is -2.35. The zero-order chi connectivity index (χ0) is 15.2. The summed E-state index contributed by atoms with van der Waals surface area (Å²) in [5, 5.41) is 2.63. The molecular weight excluding hydrogens is 268 g/mol. The van der Waals surface area contributed by atoms with Crippen LogP contribution in [0.25, 0.3) is 0 Å². The van der Waals surface area contributed by atoms with Gasteiger partial charge in [0.2, 0.25) is 11.8 Å². The van der Waals surface area contributed by atoms with Crippen molar-refractivity contribution in [3.8, 4) is 0 Å². The average Bonchev–Trinajstić information content (AvgIpc) is 2.47. The van der Waals surface area contributed by atoms with Gasteiger partial charge in [-0.2, -0.15) is 0 Å². The first-order chi connectivity index (χ1) is 10.1. The van der Waals surface area contributed by atoms with Gasteiger partial charge in [0.1, 0.15) is 6.04 Å². The van der Waals surface area contributed by atoms with Gasteiger partial charge in [0.25, 0.3) is 0 Å². The van der Waals surface area contributed by atoms with Crippen LogP contribution in [0.15, 0.2) is 42.5 Å². The summed E-state index contributed by atoms with van der Waals surface area (Å²) in [5.41, 5.74) is 1.74. The van der Waals surface area contributed by atoms with Crippen LogP contribution in [0.1, 0.15) is 18.5 Å².